The van der Waals surface area contributed by atoms with Gasteiger partial charge in [-0.15, -0.1) is 11.3 Å². The van der Waals surface area contributed by atoms with E-state index < -0.39 is 0 Å². The highest BCUT2D eigenvalue weighted by Crippen LogP contribution is 2.22. The Hall–Kier alpha value is -2.90. The number of amides is 1. The molecule has 1 N–H and O–H groups in total. The molecule has 152 valence electrons. The van der Waals surface area contributed by atoms with Gasteiger partial charge in [0.15, 0.2) is 5.16 Å². The van der Waals surface area contributed by atoms with Crippen LogP contribution in [0.15, 0.2) is 76.0 Å². The molecule has 0 fully saturated rings. The van der Waals surface area contributed by atoms with Crippen LogP contribution in [0.1, 0.15) is 17.4 Å². The molecular weight excluding hydrogens is 414 g/mol. The average Bonchev–Trinajstić information content (AvgIpc) is 3.30. The minimum Gasteiger partial charge on any atom is -0.350 e. The first kappa shape index (κ1) is 20.4. The molecule has 1 amide bonds. The summed E-state index contributed by atoms with van der Waals surface area (Å²) in [5.41, 5.74) is 2.44. The summed E-state index contributed by atoms with van der Waals surface area (Å²) in [5, 5.41) is 5.97. The van der Waals surface area contributed by atoms with Gasteiger partial charge in [-0.25, -0.2) is 4.98 Å². The lowest BCUT2D eigenvalue weighted by molar-refractivity contribution is -0.118. The molecule has 2 heterocycles. The fourth-order valence-corrected chi connectivity index (χ4v) is 4.58. The van der Waals surface area contributed by atoms with Crippen molar-refractivity contribution in [3.05, 3.63) is 86.8 Å². The van der Waals surface area contributed by atoms with Crippen LogP contribution in [0.25, 0.3) is 16.6 Å². The Morgan fingerprint density at radius 3 is 2.63 bits per heavy atom. The Labute approximate surface area is 182 Å². The van der Waals surface area contributed by atoms with Crippen molar-refractivity contribution >= 4 is 39.9 Å². The molecule has 0 radical (unpaired) electrons. The molecule has 4 rings (SSSR count). The first-order valence-electron chi connectivity index (χ1n) is 9.68. The third kappa shape index (κ3) is 4.47. The van der Waals surface area contributed by atoms with Crippen LogP contribution >= 0.6 is 23.1 Å². The monoisotopic (exact) mass is 435 g/mol. The number of hydrogen-bond acceptors (Lipinski definition) is 5. The summed E-state index contributed by atoms with van der Waals surface area (Å²) in [6, 6.07) is 19.1. The standard InChI is InChI=1S/C23H21N3O2S2/c1-2-16-9-11-17(12-10-16)26-22(28)19-7-3-4-8-20(19)25-23(26)30-15-21(27)24-14-18-6-5-13-29-18/h3-13H,2,14-15H2,1H3,(H,24,27). The second-order valence-corrected chi connectivity index (χ2v) is 8.69. The highest BCUT2D eigenvalue weighted by Gasteiger charge is 2.15. The molecule has 0 spiro atoms. The summed E-state index contributed by atoms with van der Waals surface area (Å²) >= 11 is 2.88. The van der Waals surface area contributed by atoms with Crippen LogP contribution in [0, 0.1) is 0 Å². The van der Waals surface area contributed by atoms with Gasteiger partial charge < -0.3 is 5.32 Å². The van der Waals surface area contributed by atoms with Crippen LogP contribution in [0.4, 0.5) is 0 Å². The first-order valence-corrected chi connectivity index (χ1v) is 11.5. The van der Waals surface area contributed by atoms with Crippen LogP contribution in [0.2, 0.25) is 0 Å². The second-order valence-electron chi connectivity index (χ2n) is 6.72. The van der Waals surface area contributed by atoms with Crippen LogP contribution in [0.3, 0.4) is 0 Å². The third-order valence-electron chi connectivity index (χ3n) is 4.72. The number of aryl methyl sites for hydroxylation is 1. The first-order chi connectivity index (χ1) is 14.7. The zero-order chi connectivity index (χ0) is 20.9. The normalized spacial score (nSPS) is 11.0. The number of thioether (sulfide) groups is 1. The molecule has 0 saturated carbocycles. The minimum atomic E-state index is -0.133. The lowest BCUT2D eigenvalue weighted by Gasteiger charge is -2.13. The van der Waals surface area contributed by atoms with Gasteiger partial charge in [0, 0.05) is 4.88 Å². The smallest absolute Gasteiger partial charge is 0.266 e. The summed E-state index contributed by atoms with van der Waals surface area (Å²) in [4.78, 5) is 31.4. The Bertz CT molecular complexity index is 1220. The van der Waals surface area contributed by atoms with Gasteiger partial charge in [0.2, 0.25) is 5.91 Å². The van der Waals surface area contributed by atoms with Gasteiger partial charge in [0.25, 0.3) is 5.56 Å². The molecule has 0 aliphatic rings. The fourth-order valence-electron chi connectivity index (χ4n) is 3.10. The van der Waals surface area contributed by atoms with E-state index in [1.165, 1.54) is 17.3 Å². The number of nitrogens with zero attached hydrogens (tertiary/aromatic N) is 2. The number of para-hydroxylation sites is 1. The number of nitrogens with one attached hydrogen (secondary N) is 1. The zero-order valence-corrected chi connectivity index (χ0v) is 18.1. The molecule has 0 atom stereocenters. The SMILES string of the molecule is CCc1ccc(-n2c(SCC(=O)NCc3cccs3)nc3ccccc3c2=O)cc1. The van der Waals surface area contributed by atoms with Gasteiger partial charge in [-0.05, 0) is 47.7 Å². The molecular formula is C23H21N3O2S2. The van der Waals surface area contributed by atoms with Gasteiger partial charge in [0.1, 0.15) is 0 Å². The van der Waals surface area contributed by atoms with E-state index in [-0.39, 0.29) is 17.2 Å². The van der Waals surface area contributed by atoms with Crippen molar-refractivity contribution in [3.63, 3.8) is 0 Å². The Morgan fingerprint density at radius 1 is 1.10 bits per heavy atom. The second kappa shape index (κ2) is 9.28. The number of carbonyl (C=O) groups excluding carboxylic acids is 1. The Morgan fingerprint density at radius 2 is 1.90 bits per heavy atom. The number of hydrogen-bond donors (Lipinski definition) is 1. The summed E-state index contributed by atoms with van der Waals surface area (Å²) in [6.07, 6.45) is 0.928. The topological polar surface area (TPSA) is 64.0 Å². The van der Waals surface area contributed by atoms with Gasteiger partial charge in [-0.3, -0.25) is 14.2 Å². The maximum Gasteiger partial charge on any atom is 0.266 e. The van der Waals surface area contributed by atoms with Crippen molar-refractivity contribution in [2.75, 3.05) is 5.75 Å². The van der Waals surface area contributed by atoms with E-state index in [2.05, 4.69) is 17.2 Å². The molecule has 0 unspecified atom stereocenters. The number of thiophene rings is 1. The molecule has 2 aromatic heterocycles. The molecule has 30 heavy (non-hydrogen) atoms. The minimum absolute atomic E-state index is 0.0938. The molecule has 4 aromatic rings. The van der Waals surface area contributed by atoms with Crippen molar-refractivity contribution in [1.82, 2.24) is 14.9 Å². The number of carbonyl (C=O) groups is 1. The zero-order valence-electron chi connectivity index (χ0n) is 16.5. The van der Waals surface area contributed by atoms with Gasteiger partial charge >= 0.3 is 0 Å². The molecule has 0 saturated heterocycles. The summed E-state index contributed by atoms with van der Waals surface area (Å²) in [5.74, 6) is 0.0899. The van der Waals surface area contributed by atoms with E-state index in [0.29, 0.717) is 22.6 Å². The van der Waals surface area contributed by atoms with Crippen LogP contribution in [-0.2, 0) is 17.8 Å². The Kier molecular flexibility index (Phi) is 6.30. The predicted molar refractivity (Wildman–Crippen MR) is 124 cm³/mol. The van der Waals surface area contributed by atoms with Crippen LogP contribution < -0.4 is 10.9 Å². The Balaban J connectivity index is 1.63. The maximum atomic E-state index is 13.2. The highest BCUT2D eigenvalue weighted by atomic mass is 32.2. The molecule has 0 aliphatic carbocycles. The summed E-state index contributed by atoms with van der Waals surface area (Å²) < 4.78 is 1.60. The van der Waals surface area contributed by atoms with Crippen molar-refractivity contribution in [2.24, 2.45) is 0 Å². The molecule has 7 heteroatoms. The summed E-state index contributed by atoms with van der Waals surface area (Å²) in [7, 11) is 0. The van der Waals surface area contributed by atoms with E-state index >= 15 is 0 Å². The fraction of sp³-hybridized carbons (Fsp3) is 0.174. The van der Waals surface area contributed by atoms with Crippen molar-refractivity contribution < 1.29 is 4.79 Å². The quantitative estimate of drug-likeness (QED) is 0.345. The van der Waals surface area contributed by atoms with Crippen LogP contribution in [0.5, 0.6) is 0 Å². The van der Waals surface area contributed by atoms with Crippen LogP contribution in [-0.4, -0.2) is 21.2 Å². The van der Waals surface area contributed by atoms with Crippen molar-refractivity contribution in [2.45, 2.75) is 25.0 Å². The maximum absolute atomic E-state index is 13.2. The molecule has 0 bridgehead atoms. The molecule has 5 nitrogen and oxygen atoms in total. The van der Waals surface area contributed by atoms with Gasteiger partial charge in [0.05, 0.1) is 28.9 Å². The van der Waals surface area contributed by atoms with E-state index in [4.69, 9.17) is 0 Å². The number of rotatable bonds is 7. The number of fused-ring (bicyclic) bond motifs is 1. The third-order valence-corrected chi connectivity index (χ3v) is 6.53. The molecule has 0 aliphatic heterocycles. The van der Waals surface area contributed by atoms with E-state index in [0.717, 1.165) is 17.0 Å². The van der Waals surface area contributed by atoms with Gasteiger partial charge in [-0.2, -0.15) is 0 Å². The van der Waals surface area contributed by atoms with E-state index in [1.807, 2.05) is 60.0 Å². The highest BCUT2D eigenvalue weighted by molar-refractivity contribution is 7.99. The van der Waals surface area contributed by atoms with E-state index in [9.17, 15) is 9.59 Å². The van der Waals surface area contributed by atoms with E-state index in [1.54, 1.807) is 22.0 Å². The largest absolute Gasteiger partial charge is 0.350 e. The average molecular weight is 436 g/mol. The summed E-state index contributed by atoms with van der Waals surface area (Å²) in [6.45, 7) is 2.60. The number of aromatic nitrogens is 2. The van der Waals surface area contributed by atoms with Gasteiger partial charge in [-0.1, -0.05) is 49.0 Å². The van der Waals surface area contributed by atoms with Crippen molar-refractivity contribution in [3.8, 4) is 5.69 Å². The van der Waals surface area contributed by atoms with Crippen molar-refractivity contribution in [1.29, 1.82) is 0 Å². The predicted octanol–water partition coefficient (Wildman–Crippen LogP) is 4.42. The number of benzene rings is 2. The molecule has 2 aromatic carbocycles. The lowest BCUT2D eigenvalue weighted by Crippen LogP contribution is -2.26. The lowest BCUT2D eigenvalue weighted by atomic mass is 10.1.